The number of fused-ring (bicyclic) bond motifs is 1. The van der Waals surface area contributed by atoms with Gasteiger partial charge in [-0.1, -0.05) is 12.1 Å². The van der Waals surface area contributed by atoms with Gasteiger partial charge in [0.05, 0.1) is 12.8 Å². The summed E-state index contributed by atoms with van der Waals surface area (Å²) < 4.78 is 5.17. The van der Waals surface area contributed by atoms with Crippen molar-refractivity contribution in [1.29, 1.82) is 0 Å². The fourth-order valence-electron chi connectivity index (χ4n) is 2.14. The lowest BCUT2D eigenvalue weighted by atomic mass is 10.2. The molecule has 0 unspecified atom stereocenters. The number of ether oxygens (including phenoxy) is 1. The van der Waals surface area contributed by atoms with Crippen molar-refractivity contribution in [3.63, 3.8) is 0 Å². The van der Waals surface area contributed by atoms with Gasteiger partial charge in [-0.25, -0.2) is 4.98 Å². The molecule has 0 fully saturated rings. The molecule has 0 bridgehead atoms. The van der Waals surface area contributed by atoms with Crippen LogP contribution in [0, 0.1) is 0 Å². The molecule has 110 valence electrons. The Morgan fingerprint density at radius 1 is 1.23 bits per heavy atom. The van der Waals surface area contributed by atoms with Crippen LogP contribution in [-0.2, 0) is 0 Å². The number of nitrogens with zero attached hydrogens (tertiary/aromatic N) is 1. The number of para-hydroxylation sites is 2. The molecule has 3 aromatic rings. The summed E-state index contributed by atoms with van der Waals surface area (Å²) in [5.41, 5.74) is 0.479. The summed E-state index contributed by atoms with van der Waals surface area (Å²) in [6.45, 7) is 0. The van der Waals surface area contributed by atoms with Crippen LogP contribution in [-0.4, -0.2) is 23.0 Å². The number of aromatic amines is 1. The predicted molar refractivity (Wildman–Crippen MR) is 83.3 cm³/mol. The third-order valence-corrected chi connectivity index (χ3v) is 3.22. The molecule has 0 aliphatic carbocycles. The fraction of sp³-hybridized carbons (Fsp3) is 0.0625. The molecule has 0 aliphatic heterocycles. The molecule has 2 heterocycles. The normalized spacial score (nSPS) is 10.4. The molecule has 0 saturated carbocycles. The zero-order valence-corrected chi connectivity index (χ0v) is 11.8. The number of hydrogen-bond acceptors (Lipinski definition) is 4. The van der Waals surface area contributed by atoms with Crippen molar-refractivity contribution in [3.05, 3.63) is 64.6 Å². The molecule has 2 N–H and O–H groups in total. The molecule has 0 aliphatic rings. The molecule has 0 spiro atoms. The number of hydrogen-bond donors (Lipinski definition) is 2. The van der Waals surface area contributed by atoms with Crippen molar-refractivity contribution >= 4 is 22.6 Å². The molecule has 0 saturated heterocycles. The standard InChI is InChI=1S/C16H13N3O3/c1-22-13-7-3-2-6-12(13)18-15(20)11-9-10-5-4-8-17-14(10)19-16(11)21/h2-9H,1H3,(H,18,20)(H,17,19,21). The maximum atomic E-state index is 12.3. The van der Waals surface area contributed by atoms with Gasteiger partial charge in [-0.3, -0.25) is 9.59 Å². The summed E-state index contributed by atoms with van der Waals surface area (Å²) >= 11 is 0. The van der Waals surface area contributed by atoms with E-state index in [4.69, 9.17) is 4.74 Å². The molecule has 0 radical (unpaired) electrons. The van der Waals surface area contributed by atoms with Crippen LogP contribution in [0.5, 0.6) is 5.75 Å². The van der Waals surface area contributed by atoms with Gasteiger partial charge in [-0.05, 0) is 30.3 Å². The summed E-state index contributed by atoms with van der Waals surface area (Å²) in [5.74, 6) is 0.0197. The van der Waals surface area contributed by atoms with Crippen molar-refractivity contribution < 1.29 is 9.53 Å². The van der Waals surface area contributed by atoms with Crippen molar-refractivity contribution in [1.82, 2.24) is 9.97 Å². The van der Waals surface area contributed by atoms with Gasteiger partial charge in [0.1, 0.15) is 17.0 Å². The number of carbonyl (C=O) groups is 1. The highest BCUT2D eigenvalue weighted by Crippen LogP contribution is 2.23. The van der Waals surface area contributed by atoms with E-state index in [2.05, 4.69) is 15.3 Å². The highest BCUT2D eigenvalue weighted by molar-refractivity contribution is 6.06. The second kappa shape index (κ2) is 5.69. The quantitative estimate of drug-likeness (QED) is 0.775. The first-order chi connectivity index (χ1) is 10.7. The molecule has 6 nitrogen and oxygen atoms in total. The lowest BCUT2D eigenvalue weighted by molar-refractivity contribution is 0.102. The number of nitrogens with one attached hydrogen (secondary N) is 2. The number of anilines is 1. The smallest absolute Gasteiger partial charge is 0.262 e. The number of amides is 1. The minimum atomic E-state index is -0.503. The number of H-pyrrole nitrogens is 1. The second-order valence-electron chi connectivity index (χ2n) is 4.61. The van der Waals surface area contributed by atoms with Crippen LogP contribution < -0.4 is 15.6 Å². The number of rotatable bonds is 3. The Kier molecular flexibility index (Phi) is 3.57. The monoisotopic (exact) mass is 295 g/mol. The zero-order chi connectivity index (χ0) is 15.5. The van der Waals surface area contributed by atoms with Gasteiger partial charge in [0.15, 0.2) is 0 Å². The van der Waals surface area contributed by atoms with E-state index in [0.29, 0.717) is 22.5 Å². The summed E-state index contributed by atoms with van der Waals surface area (Å²) in [7, 11) is 1.51. The SMILES string of the molecule is COc1ccccc1NC(=O)c1cc2cccnc2[nH]c1=O. The van der Waals surface area contributed by atoms with Crippen LogP contribution in [0.3, 0.4) is 0 Å². The van der Waals surface area contributed by atoms with E-state index < -0.39 is 11.5 Å². The van der Waals surface area contributed by atoms with Crippen molar-refractivity contribution in [2.24, 2.45) is 0 Å². The number of pyridine rings is 2. The Hall–Kier alpha value is -3.15. The largest absolute Gasteiger partial charge is 0.495 e. The maximum Gasteiger partial charge on any atom is 0.262 e. The first-order valence-electron chi connectivity index (χ1n) is 6.61. The first-order valence-corrected chi connectivity index (χ1v) is 6.61. The average Bonchev–Trinajstić information content (AvgIpc) is 2.54. The molecule has 1 amide bonds. The van der Waals surface area contributed by atoms with E-state index in [1.54, 1.807) is 42.6 Å². The average molecular weight is 295 g/mol. The van der Waals surface area contributed by atoms with E-state index in [1.165, 1.54) is 13.2 Å². The minimum Gasteiger partial charge on any atom is -0.495 e. The topological polar surface area (TPSA) is 84.1 Å². The van der Waals surface area contributed by atoms with Gasteiger partial charge >= 0.3 is 0 Å². The fourth-order valence-corrected chi connectivity index (χ4v) is 2.14. The van der Waals surface area contributed by atoms with Crippen LogP contribution in [0.15, 0.2) is 53.5 Å². The van der Waals surface area contributed by atoms with Crippen molar-refractivity contribution in [2.75, 3.05) is 12.4 Å². The van der Waals surface area contributed by atoms with Gasteiger partial charge < -0.3 is 15.0 Å². The van der Waals surface area contributed by atoms with E-state index in [-0.39, 0.29) is 5.56 Å². The van der Waals surface area contributed by atoms with Gasteiger partial charge in [-0.2, -0.15) is 0 Å². The summed E-state index contributed by atoms with van der Waals surface area (Å²) in [6.07, 6.45) is 1.58. The summed E-state index contributed by atoms with van der Waals surface area (Å²) in [6, 6.07) is 12.0. The third-order valence-electron chi connectivity index (χ3n) is 3.22. The second-order valence-corrected chi connectivity index (χ2v) is 4.61. The van der Waals surface area contributed by atoms with Crippen LogP contribution >= 0.6 is 0 Å². The van der Waals surface area contributed by atoms with E-state index in [1.807, 2.05) is 0 Å². The van der Waals surface area contributed by atoms with E-state index in [0.717, 1.165) is 0 Å². The lowest BCUT2D eigenvalue weighted by Gasteiger charge is -2.09. The lowest BCUT2D eigenvalue weighted by Crippen LogP contribution is -2.23. The summed E-state index contributed by atoms with van der Waals surface area (Å²) in [5, 5.41) is 3.37. The highest BCUT2D eigenvalue weighted by atomic mass is 16.5. The Balaban J connectivity index is 1.98. The molecule has 2 aromatic heterocycles. The molecule has 1 aromatic carbocycles. The van der Waals surface area contributed by atoms with Crippen LogP contribution in [0.1, 0.15) is 10.4 Å². The molecule has 3 rings (SSSR count). The number of carbonyl (C=O) groups excluding carboxylic acids is 1. The summed E-state index contributed by atoms with van der Waals surface area (Å²) in [4.78, 5) is 31.0. The van der Waals surface area contributed by atoms with Crippen LogP contribution in [0.25, 0.3) is 11.0 Å². The predicted octanol–water partition coefficient (Wildman–Crippen LogP) is 2.18. The van der Waals surface area contributed by atoms with E-state index >= 15 is 0 Å². The Labute approximate surface area is 125 Å². The first kappa shape index (κ1) is 13.8. The minimum absolute atomic E-state index is 0.0198. The van der Waals surface area contributed by atoms with Gasteiger partial charge in [0, 0.05) is 11.6 Å². The molecular formula is C16H13N3O3. The molecular weight excluding hydrogens is 282 g/mol. The number of benzene rings is 1. The Bertz CT molecular complexity index is 902. The van der Waals surface area contributed by atoms with Gasteiger partial charge in [-0.15, -0.1) is 0 Å². The third kappa shape index (κ3) is 2.54. The zero-order valence-electron chi connectivity index (χ0n) is 11.8. The van der Waals surface area contributed by atoms with Gasteiger partial charge in [0.25, 0.3) is 11.5 Å². The Morgan fingerprint density at radius 3 is 2.86 bits per heavy atom. The van der Waals surface area contributed by atoms with E-state index in [9.17, 15) is 9.59 Å². The molecule has 6 heteroatoms. The maximum absolute atomic E-state index is 12.3. The number of methoxy groups -OCH3 is 1. The highest BCUT2D eigenvalue weighted by Gasteiger charge is 2.14. The molecule has 22 heavy (non-hydrogen) atoms. The van der Waals surface area contributed by atoms with Crippen molar-refractivity contribution in [2.45, 2.75) is 0 Å². The van der Waals surface area contributed by atoms with Gasteiger partial charge in [0.2, 0.25) is 0 Å². The van der Waals surface area contributed by atoms with Crippen LogP contribution in [0.2, 0.25) is 0 Å². The van der Waals surface area contributed by atoms with Crippen molar-refractivity contribution in [3.8, 4) is 5.75 Å². The Morgan fingerprint density at radius 2 is 2.05 bits per heavy atom. The molecule has 0 atom stereocenters. The van der Waals surface area contributed by atoms with Crippen LogP contribution in [0.4, 0.5) is 5.69 Å². The number of aromatic nitrogens is 2.